The van der Waals surface area contributed by atoms with E-state index in [4.69, 9.17) is 9.47 Å². The number of nitrogens with one attached hydrogen (secondary N) is 4. The number of H-pyrrole nitrogens is 2. The van der Waals surface area contributed by atoms with E-state index < -0.39 is 0 Å². The number of rotatable bonds is 3. The van der Waals surface area contributed by atoms with Crippen LogP contribution in [0.15, 0.2) is 54.9 Å². The van der Waals surface area contributed by atoms with E-state index in [0.29, 0.717) is 12.1 Å². The largest absolute Gasteiger partial charge is 0.450 e. The van der Waals surface area contributed by atoms with Crippen LogP contribution in [0.25, 0.3) is 11.3 Å². The van der Waals surface area contributed by atoms with E-state index in [1.807, 2.05) is 89.5 Å². The second-order valence-electron chi connectivity index (χ2n) is 9.24. The molecule has 0 bridgehead atoms. The minimum Gasteiger partial charge on any atom is -0.450 e. The molecule has 0 amide bonds. The lowest BCUT2D eigenvalue weighted by molar-refractivity contribution is 0.360. The van der Waals surface area contributed by atoms with Crippen LogP contribution in [0.1, 0.15) is 82.8 Å². The fourth-order valence-electron chi connectivity index (χ4n) is 4.80. The second kappa shape index (κ2) is 14.0. The number of ether oxygens (including phenoxy) is 2. The van der Waals surface area contributed by atoms with Gasteiger partial charge in [-0.15, -0.1) is 0 Å². The van der Waals surface area contributed by atoms with Gasteiger partial charge in [0.1, 0.15) is 11.6 Å². The second-order valence-corrected chi connectivity index (χ2v) is 9.24. The van der Waals surface area contributed by atoms with Gasteiger partial charge in [-0.3, -0.25) is 0 Å². The monoisotopic (exact) mass is 530 g/mol. The van der Waals surface area contributed by atoms with Crippen LogP contribution < -0.4 is 20.1 Å². The maximum absolute atomic E-state index is 5.97. The van der Waals surface area contributed by atoms with Crippen molar-refractivity contribution in [3.63, 3.8) is 0 Å². The third-order valence-corrected chi connectivity index (χ3v) is 6.64. The molecule has 2 saturated heterocycles. The molecule has 7 rings (SSSR count). The first kappa shape index (κ1) is 28.4. The predicted octanol–water partition coefficient (Wildman–Crippen LogP) is 7.59. The molecule has 1 unspecified atom stereocenters. The smallest absolute Gasteiger partial charge is 0.170 e. The minimum absolute atomic E-state index is 0.336. The zero-order chi connectivity index (χ0) is 27.6. The fourth-order valence-corrected chi connectivity index (χ4v) is 4.80. The molecule has 8 heteroatoms. The van der Waals surface area contributed by atoms with E-state index in [2.05, 4.69) is 30.6 Å². The van der Waals surface area contributed by atoms with Gasteiger partial charge in [0.05, 0.1) is 24.0 Å². The van der Waals surface area contributed by atoms with Crippen LogP contribution in [0.2, 0.25) is 0 Å². The summed E-state index contributed by atoms with van der Waals surface area (Å²) >= 11 is 0. The highest BCUT2D eigenvalue weighted by Gasteiger charge is 2.22. The highest BCUT2D eigenvalue weighted by molar-refractivity contribution is 5.66. The Balaban J connectivity index is 0.000000197. The molecule has 4 aromatic rings. The molecule has 3 aliphatic heterocycles. The van der Waals surface area contributed by atoms with Crippen LogP contribution in [0.4, 0.5) is 0 Å². The molecule has 208 valence electrons. The van der Waals surface area contributed by atoms with Crippen molar-refractivity contribution in [2.45, 2.75) is 72.4 Å². The van der Waals surface area contributed by atoms with Crippen molar-refractivity contribution < 1.29 is 9.47 Å². The van der Waals surface area contributed by atoms with Crippen molar-refractivity contribution in [2.75, 3.05) is 13.1 Å². The van der Waals surface area contributed by atoms with Crippen molar-refractivity contribution in [2.24, 2.45) is 0 Å². The first-order valence-corrected chi connectivity index (χ1v) is 14.4. The van der Waals surface area contributed by atoms with Gasteiger partial charge < -0.3 is 30.1 Å². The Bertz CT molecular complexity index is 1300. The Labute approximate surface area is 232 Å². The van der Waals surface area contributed by atoms with Gasteiger partial charge in [0.15, 0.2) is 23.0 Å². The van der Waals surface area contributed by atoms with Crippen LogP contribution in [0.3, 0.4) is 0 Å². The maximum Gasteiger partial charge on any atom is 0.170 e. The molecule has 2 aromatic heterocycles. The van der Waals surface area contributed by atoms with Crippen molar-refractivity contribution in [3.8, 4) is 34.3 Å². The van der Waals surface area contributed by atoms with Crippen LogP contribution in [-0.2, 0) is 0 Å². The number of nitrogens with zero attached hydrogens (tertiary/aromatic N) is 2. The molecular formula is C31H42N6O2. The van der Waals surface area contributed by atoms with Crippen LogP contribution in [0, 0.1) is 6.92 Å². The van der Waals surface area contributed by atoms with E-state index in [1.165, 1.54) is 19.3 Å². The number of aryl methyl sites for hydroxylation is 1. The number of hydrogen-bond acceptors (Lipinski definition) is 6. The van der Waals surface area contributed by atoms with Gasteiger partial charge in [-0.2, -0.15) is 0 Å². The van der Waals surface area contributed by atoms with Gasteiger partial charge in [-0.25, -0.2) is 9.97 Å². The lowest BCUT2D eigenvalue weighted by atomic mass is 10.1. The molecule has 0 radical (unpaired) electrons. The highest BCUT2D eigenvalue weighted by Crippen LogP contribution is 2.46. The number of aromatic amines is 2. The Morgan fingerprint density at radius 2 is 1.26 bits per heavy atom. The van der Waals surface area contributed by atoms with Gasteiger partial charge in [0, 0.05) is 17.5 Å². The quantitative estimate of drug-likeness (QED) is 0.192. The van der Waals surface area contributed by atoms with E-state index in [1.54, 1.807) is 0 Å². The molecule has 39 heavy (non-hydrogen) atoms. The van der Waals surface area contributed by atoms with Crippen molar-refractivity contribution in [3.05, 3.63) is 72.2 Å². The van der Waals surface area contributed by atoms with Gasteiger partial charge in [0.25, 0.3) is 0 Å². The molecule has 0 saturated carbocycles. The predicted molar refractivity (Wildman–Crippen MR) is 157 cm³/mol. The third kappa shape index (κ3) is 6.88. The average Bonchev–Trinajstić information content (AvgIpc) is 3.82. The zero-order valence-corrected chi connectivity index (χ0v) is 23.8. The minimum atomic E-state index is 0.336. The van der Waals surface area contributed by atoms with Crippen LogP contribution in [-0.4, -0.2) is 33.0 Å². The van der Waals surface area contributed by atoms with Crippen LogP contribution in [0.5, 0.6) is 23.0 Å². The number of imidazole rings is 2. The number of benzene rings is 2. The molecule has 0 aliphatic carbocycles. The summed E-state index contributed by atoms with van der Waals surface area (Å²) in [6, 6.07) is 14.5. The zero-order valence-electron chi connectivity index (χ0n) is 23.8. The molecule has 2 atom stereocenters. The Kier molecular flexibility index (Phi) is 10.2. The maximum atomic E-state index is 5.97. The summed E-state index contributed by atoms with van der Waals surface area (Å²) in [5.74, 6) is 5.04. The van der Waals surface area contributed by atoms with Gasteiger partial charge >= 0.3 is 0 Å². The number of hydrogen-bond donors (Lipinski definition) is 4. The summed E-state index contributed by atoms with van der Waals surface area (Å²) in [6.45, 7) is 12.2. The summed E-state index contributed by atoms with van der Waals surface area (Å²) in [4.78, 5) is 15.5. The van der Waals surface area contributed by atoms with Gasteiger partial charge in [0.2, 0.25) is 0 Å². The number of aromatic nitrogens is 4. The average molecular weight is 531 g/mol. The Hall–Kier alpha value is -3.62. The van der Waals surface area contributed by atoms with Crippen molar-refractivity contribution in [1.82, 2.24) is 30.6 Å². The van der Waals surface area contributed by atoms with Crippen molar-refractivity contribution >= 4 is 0 Å². The third-order valence-electron chi connectivity index (χ3n) is 6.64. The molecule has 3 aliphatic rings. The summed E-state index contributed by atoms with van der Waals surface area (Å²) in [7, 11) is 0. The molecule has 4 N–H and O–H groups in total. The lowest BCUT2D eigenvalue weighted by Crippen LogP contribution is -2.14. The normalized spacial score (nSPS) is 18.5. The number of para-hydroxylation sites is 2. The molecule has 8 nitrogen and oxygen atoms in total. The topological polar surface area (TPSA) is 99.9 Å². The molecule has 2 aromatic carbocycles. The van der Waals surface area contributed by atoms with Gasteiger partial charge in [-0.1, -0.05) is 39.8 Å². The summed E-state index contributed by atoms with van der Waals surface area (Å²) in [5, 5.41) is 6.85. The first-order valence-electron chi connectivity index (χ1n) is 14.4. The van der Waals surface area contributed by atoms with Crippen molar-refractivity contribution in [1.29, 1.82) is 0 Å². The van der Waals surface area contributed by atoms with Crippen LogP contribution >= 0.6 is 0 Å². The van der Waals surface area contributed by atoms with E-state index in [0.717, 1.165) is 71.1 Å². The molecule has 2 fully saturated rings. The SMILES string of the molecule is CC.CC.Cc1cnc([C@@H]2CCCN2)[nH]1.c1ccc2c(c1)Oc1ccc(-c3cnc(C4CCCN4)[nH]3)cc1O2. The fraction of sp³-hybridized carbons (Fsp3) is 0.419. The molecule has 5 heterocycles. The first-order chi connectivity index (χ1) is 19.2. The van der Waals surface area contributed by atoms with E-state index >= 15 is 0 Å². The molecular weight excluding hydrogens is 488 g/mol. The summed E-state index contributed by atoms with van der Waals surface area (Å²) in [5.41, 5.74) is 3.17. The molecule has 0 spiro atoms. The highest BCUT2D eigenvalue weighted by atomic mass is 16.6. The Morgan fingerprint density at radius 3 is 1.82 bits per heavy atom. The van der Waals surface area contributed by atoms with E-state index in [9.17, 15) is 0 Å². The summed E-state index contributed by atoms with van der Waals surface area (Å²) < 4.78 is 11.9. The Morgan fingerprint density at radius 1 is 0.692 bits per heavy atom. The van der Waals surface area contributed by atoms with E-state index in [-0.39, 0.29) is 0 Å². The number of fused-ring (bicyclic) bond motifs is 2. The lowest BCUT2D eigenvalue weighted by Gasteiger charge is -2.20. The standard InChI is InChI=1S/C19H17N3O2.C8H13N3.2C2H6/c1-2-6-16-15(5-1)23-17-8-7-12(10-18(17)24-16)14-11-21-19(22-14)13-4-3-9-20-13;1-6-5-10-8(11-6)7-3-2-4-9-7;2*1-2/h1-2,5-8,10-11,13,20H,3-4,9H2,(H,21,22);5,7,9H,2-4H2,1H3,(H,10,11);2*1-2H3/t;7-;;/m.0../s1. The summed E-state index contributed by atoms with van der Waals surface area (Å²) in [6.07, 6.45) is 8.58. The van der Waals surface area contributed by atoms with Gasteiger partial charge in [-0.05, 0) is 76.0 Å².